The van der Waals surface area contributed by atoms with Crippen LogP contribution in [0, 0.1) is 11.7 Å². The Kier molecular flexibility index (Phi) is 2.73. The van der Waals surface area contributed by atoms with Crippen molar-refractivity contribution in [2.75, 3.05) is 6.54 Å². The van der Waals surface area contributed by atoms with E-state index < -0.39 is 0 Å². The number of hydrogen-bond acceptors (Lipinski definition) is 1. The fourth-order valence-corrected chi connectivity index (χ4v) is 1.78. The molecule has 0 amide bonds. The first kappa shape index (κ1) is 10.2. The molecule has 0 radical (unpaired) electrons. The van der Waals surface area contributed by atoms with Crippen molar-refractivity contribution in [2.24, 2.45) is 11.7 Å². The average molecular weight is 206 g/mol. The van der Waals surface area contributed by atoms with Gasteiger partial charge in [-0.05, 0) is 42.6 Å². The maximum absolute atomic E-state index is 13.1. The topological polar surface area (TPSA) is 41.8 Å². The van der Waals surface area contributed by atoms with Crippen LogP contribution >= 0.6 is 0 Å². The van der Waals surface area contributed by atoms with Gasteiger partial charge < -0.3 is 10.7 Å². The molecule has 1 atom stereocenters. The van der Waals surface area contributed by atoms with Crippen LogP contribution in [0.4, 0.5) is 4.39 Å². The molecule has 0 fully saturated rings. The molecule has 0 aliphatic carbocycles. The second kappa shape index (κ2) is 4.03. The van der Waals surface area contributed by atoms with Gasteiger partial charge in [-0.25, -0.2) is 4.39 Å². The lowest BCUT2D eigenvalue weighted by atomic mass is 10.0. The highest BCUT2D eigenvalue weighted by Gasteiger charge is 2.07. The molecule has 0 spiro atoms. The monoisotopic (exact) mass is 206 g/mol. The molecule has 3 heteroatoms. The summed E-state index contributed by atoms with van der Waals surface area (Å²) in [6.07, 6.45) is 2.83. The van der Waals surface area contributed by atoms with Gasteiger partial charge in [0.2, 0.25) is 0 Å². The molecule has 0 saturated carbocycles. The molecular weight excluding hydrogens is 191 g/mol. The van der Waals surface area contributed by atoms with Crippen molar-refractivity contribution >= 4 is 10.9 Å². The fourth-order valence-electron chi connectivity index (χ4n) is 1.78. The SMILES string of the molecule is CC(CN)Cc1c[nH]c2ccc(F)cc12. The second-order valence-corrected chi connectivity index (χ2v) is 4.05. The summed E-state index contributed by atoms with van der Waals surface area (Å²) in [5, 5.41) is 0.968. The molecule has 0 aliphatic heterocycles. The van der Waals surface area contributed by atoms with E-state index in [9.17, 15) is 4.39 Å². The standard InChI is InChI=1S/C12H15FN2/c1-8(6-14)4-9-7-15-12-3-2-10(13)5-11(9)12/h2-3,5,7-8,15H,4,6,14H2,1H3. The predicted octanol–water partition coefficient (Wildman–Crippen LogP) is 2.44. The molecule has 1 unspecified atom stereocenters. The number of hydrogen-bond donors (Lipinski definition) is 2. The summed E-state index contributed by atoms with van der Waals surface area (Å²) in [6.45, 7) is 2.75. The van der Waals surface area contributed by atoms with Crippen LogP contribution in [-0.4, -0.2) is 11.5 Å². The molecule has 0 aliphatic rings. The number of aromatic amines is 1. The Balaban J connectivity index is 2.39. The van der Waals surface area contributed by atoms with Crippen LogP contribution in [0.1, 0.15) is 12.5 Å². The summed E-state index contributed by atoms with van der Waals surface area (Å²) in [5.41, 5.74) is 7.70. The number of halogens is 1. The minimum absolute atomic E-state index is 0.191. The van der Waals surface area contributed by atoms with Crippen molar-refractivity contribution in [2.45, 2.75) is 13.3 Å². The average Bonchev–Trinajstić information content (AvgIpc) is 2.61. The van der Waals surface area contributed by atoms with Crippen LogP contribution in [0.2, 0.25) is 0 Å². The minimum Gasteiger partial charge on any atom is -0.361 e. The van der Waals surface area contributed by atoms with E-state index in [1.807, 2.05) is 6.20 Å². The Hall–Kier alpha value is -1.35. The molecule has 15 heavy (non-hydrogen) atoms. The summed E-state index contributed by atoms with van der Waals surface area (Å²) in [6, 6.07) is 4.81. The van der Waals surface area contributed by atoms with Crippen LogP contribution < -0.4 is 5.73 Å². The lowest BCUT2D eigenvalue weighted by Crippen LogP contribution is -2.12. The maximum atomic E-state index is 13.1. The summed E-state index contributed by atoms with van der Waals surface area (Å²) in [7, 11) is 0. The zero-order valence-electron chi connectivity index (χ0n) is 8.76. The third kappa shape index (κ3) is 2.02. The molecule has 80 valence electrons. The van der Waals surface area contributed by atoms with E-state index in [2.05, 4.69) is 11.9 Å². The van der Waals surface area contributed by atoms with Crippen LogP contribution in [0.25, 0.3) is 10.9 Å². The van der Waals surface area contributed by atoms with Crippen molar-refractivity contribution in [1.82, 2.24) is 4.98 Å². The third-order valence-corrected chi connectivity index (χ3v) is 2.70. The van der Waals surface area contributed by atoms with Crippen molar-refractivity contribution in [3.8, 4) is 0 Å². The molecule has 1 aromatic carbocycles. The van der Waals surface area contributed by atoms with Gasteiger partial charge in [-0.2, -0.15) is 0 Å². The molecule has 0 saturated heterocycles. The van der Waals surface area contributed by atoms with Gasteiger partial charge in [0.05, 0.1) is 0 Å². The normalized spacial score (nSPS) is 13.3. The number of rotatable bonds is 3. The number of nitrogens with two attached hydrogens (primary N) is 1. The first-order valence-corrected chi connectivity index (χ1v) is 5.16. The van der Waals surface area contributed by atoms with Gasteiger partial charge in [-0.1, -0.05) is 6.92 Å². The Morgan fingerprint density at radius 1 is 1.47 bits per heavy atom. The van der Waals surface area contributed by atoms with Gasteiger partial charge in [-0.3, -0.25) is 0 Å². The lowest BCUT2D eigenvalue weighted by molar-refractivity contribution is 0.594. The van der Waals surface area contributed by atoms with E-state index in [0.29, 0.717) is 12.5 Å². The van der Waals surface area contributed by atoms with E-state index >= 15 is 0 Å². The van der Waals surface area contributed by atoms with Gasteiger partial charge in [0.1, 0.15) is 5.82 Å². The van der Waals surface area contributed by atoms with Crippen LogP contribution in [0.3, 0.4) is 0 Å². The van der Waals surface area contributed by atoms with Crippen molar-refractivity contribution in [3.63, 3.8) is 0 Å². The summed E-state index contributed by atoms with van der Waals surface area (Å²) < 4.78 is 13.1. The van der Waals surface area contributed by atoms with Gasteiger partial charge in [0.25, 0.3) is 0 Å². The van der Waals surface area contributed by atoms with E-state index in [4.69, 9.17) is 5.73 Å². The van der Waals surface area contributed by atoms with Crippen LogP contribution in [0.15, 0.2) is 24.4 Å². The molecule has 2 aromatic rings. The Labute approximate surface area is 88.3 Å². The summed E-state index contributed by atoms with van der Waals surface area (Å²) >= 11 is 0. The van der Waals surface area contributed by atoms with E-state index in [1.165, 1.54) is 6.07 Å². The number of nitrogens with one attached hydrogen (secondary N) is 1. The molecule has 1 aromatic heterocycles. The maximum Gasteiger partial charge on any atom is 0.123 e. The van der Waals surface area contributed by atoms with E-state index in [-0.39, 0.29) is 5.82 Å². The fraction of sp³-hybridized carbons (Fsp3) is 0.333. The van der Waals surface area contributed by atoms with Gasteiger partial charge in [-0.15, -0.1) is 0 Å². The van der Waals surface area contributed by atoms with Crippen molar-refractivity contribution in [1.29, 1.82) is 0 Å². The highest BCUT2D eigenvalue weighted by atomic mass is 19.1. The zero-order valence-corrected chi connectivity index (χ0v) is 8.76. The minimum atomic E-state index is -0.191. The summed E-state index contributed by atoms with van der Waals surface area (Å²) in [4.78, 5) is 3.14. The van der Waals surface area contributed by atoms with E-state index in [1.54, 1.807) is 12.1 Å². The first-order chi connectivity index (χ1) is 7.20. The van der Waals surface area contributed by atoms with Gasteiger partial charge in [0.15, 0.2) is 0 Å². The Bertz CT molecular complexity index is 462. The molecule has 0 bridgehead atoms. The van der Waals surface area contributed by atoms with Crippen LogP contribution in [0.5, 0.6) is 0 Å². The van der Waals surface area contributed by atoms with Gasteiger partial charge in [0, 0.05) is 17.1 Å². The quantitative estimate of drug-likeness (QED) is 0.795. The van der Waals surface area contributed by atoms with Crippen molar-refractivity contribution < 1.29 is 4.39 Å². The number of fused-ring (bicyclic) bond motifs is 1. The first-order valence-electron chi connectivity index (χ1n) is 5.16. The Morgan fingerprint density at radius 3 is 3.00 bits per heavy atom. The zero-order chi connectivity index (χ0) is 10.8. The molecule has 1 heterocycles. The van der Waals surface area contributed by atoms with Gasteiger partial charge >= 0.3 is 0 Å². The summed E-state index contributed by atoms with van der Waals surface area (Å²) in [5.74, 6) is 0.232. The number of benzene rings is 1. The third-order valence-electron chi connectivity index (χ3n) is 2.70. The van der Waals surface area contributed by atoms with Crippen LogP contribution in [-0.2, 0) is 6.42 Å². The van der Waals surface area contributed by atoms with E-state index in [0.717, 1.165) is 22.9 Å². The van der Waals surface area contributed by atoms with Crippen molar-refractivity contribution in [3.05, 3.63) is 35.8 Å². The molecular formula is C12H15FN2. The smallest absolute Gasteiger partial charge is 0.123 e. The Morgan fingerprint density at radius 2 is 2.27 bits per heavy atom. The molecule has 2 nitrogen and oxygen atoms in total. The number of H-pyrrole nitrogens is 1. The highest BCUT2D eigenvalue weighted by Crippen LogP contribution is 2.21. The second-order valence-electron chi connectivity index (χ2n) is 4.05. The predicted molar refractivity (Wildman–Crippen MR) is 60.2 cm³/mol. The molecule has 3 N–H and O–H groups in total. The molecule has 2 rings (SSSR count). The number of aromatic nitrogens is 1. The largest absolute Gasteiger partial charge is 0.361 e. The highest BCUT2D eigenvalue weighted by molar-refractivity contribution is 5.83. The lowest BCUT2D eigenvalue weighted by Gasteiger charge is -2.06.